The first-order valence-corrected chi connectivity index (χ1v) is 6.90. The van der Waals surface area contributed by atoms with Crippen molar-refractivity contribution in [3.63, 3.8) is 0 Å². The Morgan fingerprint density at radius 2 is 2.06 bits per heavy atom. The van der Waals surface area contributed by atoms with Gasteiger partial charge in [0.05, 0.1) is 18.8 Å². The molecule has 1 fully saturated rings. The zero-order valence-corrected chi connectivity index (χ0v) is 11.9. The van der Waals surface area contributed by atoms with Gasteiger partial charge in [-0.3, -0.25) is 0 Å². The Morgan fingerprint density at radius 1 is 1.35 bits per heavy atom. The van der Waals surface area contributed by atoms with E-state index < -0.39 is 0 Å². The summed E-state index contributed by atoms with van der Waals surface area (Å²) in [6.07, 6.45) is 4.07. The van der Waals surface area contributed by atoms with E-state index in [1.54, 1.807) is 0 Å². The molecule has 3 heteroatoms. The van der Waals surface area contributed by atoms with Crippen molar-refractivity contribution in [2.24, 2.45) is 17.1 Å². The summed E-state index contributed by atoms with van der Waals surface area (Å²) in [5.41, 5.74) is 6.06. The molecule has 0 radical (unpaired) electrons. The molecule has 2 N–H and O–H groups in total. The maximum atomic E-state index is 5.99. The molecule has 0 aliphatic heterocycles. The first kappa shape index (κ1) is 14.9. The minimum atomic E-state index is 0.0559. The highest BCUT2D eigenvalue weighted by Crippen LogP contribution is 2.39. The highest BCUT2D eigenvalue weighted by atomic mass is 16.5. The van der Waals surface area contributed by atoms with Crippen molar-refractivity contribution in [3.8, 4) is 0 Å². The third-order valence-corrected chi connectivity index (χ3v) is 3.53. The molecular formula is C14H29NO2. The molecule has 0 aromatic heterocycles. The number of rotatable bonds is 6. The Hall–Kier alpha value is -0.120. The van der Waals surface area contributed by atoms with Crippen molar-refractivity contribution in [3.05, 3.63) is 0 Å². The van der Waals surface area contributed by atoms with Crippen LogP contribution in [0.25, 0.3) is 0 Å². The average molecular weight is 243 g/mol. The lowest BCUT2D eigenvalue weighted by Crippen LogP contribution is -2.36. The van der Waals surface area contributed by atoms with Gasteiger partial charge in [0.25, 0.3) is 0 Å². The average Bonchev–Trinajstić information content (AvgIpc) is 2.21. The Balaban J connectivity index is 2.35. The number of hydrogen-bond acceptors (Lipinski definition) is 3. The van der Waals surface area contributed by atoms with Crippen LogP contribution in [0.2, 0.25) is 0 Å². The summed E-state index contributed by atoms with van der Waals surface area (Å²) in [5, 5.41) is 0. The predicted octanol–water partition coefficient (Wildman–Crippen LogP) is 2.58. The third-order valence-electron chi connectivity index (χ3n) is 3.53. The van der Waals surface area contributed by atoms with Crippen LogP contribution in [-0.2, 0) is 9.47 Å². The Bertz CT molecular complexity index is 218. The predicted molar refractivity (Wildman–Crippen MR) is 71.0 cm³/mol. The van der Waals surface area contributed by atoms with Gasteiger partial charge in [-0.15, -0.1) is 0 Å². The van der Waals surface area contributed by atoms with E-state index in [-0.39, 0.29) is 6.10 Å². The van der Waals surface area contributed by atoms with Crippen LogP contribution in [0.3, 0.4) is 0 Å². The maximum absolute atomic E-state index is 5.99. The normalized spacial score (nSPS) is 30.2. The van der Waals surface area contributed by atoms with Crippen LogP contribution in [0.15, 0.2) is 0 Å². The van der Waals surface area contributed by atoms with E-state index in [0.717, 1.165) is 12.3 Å². The standard InChI is InChI=1S/C14H29NO2/c1-5-16-13(9-15)10-17-12-6-11(2)7-14(3,4)8-12/h11-13H,5-10,15H2,1-4H3. The van der Waals surface area contributed by atoms with E-state index in [2.05, 4.69) is 20.8 Å². The molecule has 0 saturated heterocycles. The van der Waals surface area contributed by atoms with Gasteiger partial charge in [-0.05, 0) is 37.5 Å². The van der Waals surface area contributed by atoms with Crippen molar-refractivity contribution < 1.29 is 9.47 Å². The summed E-state index contributed by atoms with van der Waals surface area (Å²) in [6.45, 7) is 10.9. The molecular weight excluding hydrogens is 214 g/mol. The Labute approximate surface area is 106 Å². The first-order chi connectivity index (χ1) is 7.96. The summed E-state index contributed by atoms with van der Waals surface area (Å²) >= 11 is 0. The molecule has 0 spiro atoms. The lowest BCUT2D eigenvalue weighted by Gasteiger charge is -2.39. The second kappa shape index (κ2) is 6.72. The molecule has 0 aromatic rings. The van der Waals surface area contributed by atoms with Gasteiger partial charge in [-0.1, -0.05) is 20.8 Å². The molecule has 0 heterocycles. The Morgan fingerprint density at radius 3 is 2.59 bits per heavy atom. The van der Waals surface area contributed by atoms with Crippen LogP contribution in [0.5, 0.6) is 0 Å². The fraction of sp³-hybridized carbons (Fsp3) is 1.00. The number of nitrogens with two attached hydrogens (primary N) is 1. The molecule has 3 atom stereocenters. The van der Waals surface area contributed by atoms with Crippen molar-refractivity contribution in [1.29, 1.82) is 0 Å². The molecule has 1 aliphatic rings. The highest BCUT2D eigenvalue weighted by Gasteiger charge is 2.32. The fourth-order valence-electron chi connectivity index (χ4n) is 3.05. The van der Waals surface area contributed by atoms with Crippen LogP contribution in [0.1, 0.15) is 47.0 Å². The van der Waals surface area contributed by atoms with Crippen LogP contribution >= 0.6 is 0 Å². The van der Waals surface area contributed by atoms with Gasteiger partial charge in [-0.25, -0.2) is 0 Å². The molecule has 102 valence electrons. The first-order valence-electron chi connectivity index (χ1n) is 6.90. The summed E-state index contributed by atoms with van der Waals surface area (Å²) in [4.78, 5) is 0. The van der Waals surface area contributed by atoms with Crippen molar-refractivity contribution in [2.75, 3.05) is 19.8 Å². The third kappa shape index (κ3) is 5.36. The van der Waals surface area contributed by atoms with E-state index in [4.69, 9.17) is 15.2 Å². The lowest BCUT2D eigenvalue weighted by molar-refractivity contribution is -0.0701. The van der Waals surface area contributed by atoms with E-state index in [9.17, 15) is 0 Å². The molecule has 1 rings (SSSR count). The molecule has 3 nitrogen and oxygen atoms in total. The van der Waals surface area contributed by atoms with Crippen molar-refractivity contribution in [2.45, 2.75) is 59.2 Å². The number of ether oxygens (including phenoxy) is 2. The van der Waals surface area contributed by atoms with E-state index in [1.165, 1.54) is 12.8 Å². The second-order valence-electron chi connectivity index (χ2n) is 6.18. The van der Waals surface area contributed by atoms with Crippen LogP contribution in [0.4, 0.5) is 0 Å². The van der Waals surface area contributed by atoms with Gasteiger partial charge in [0.1, 0.15) is 0 Å². The largest absolute Gasteiger partial charge is 0.375 e. The summed E-state index contributed by atoms with van der Waals surface area (Å²) in [6, 6.07) is 0. The van der Waals surface area contributed by atoms with E-state index in [1.807, 2.05) is 6.92 Å². The molecule has 17 heavy (non-hydrogen) atoms. The highest BCUT2D eigenvalue weighted by molar-refractivity contribution is 4.83. The molecule has 1 saturated carbocycles. The topological polar surface area (TPSA) is 44.5 Å². The lowest BCUT2D eigenvalue weighted by atomic mass is 9.71. The van der Waals surface area contributed by atoms with E-state index in [0.29, 0.717) is 31.3 Å². The van der Waals surface area contributed by atoms with Crippen molar-refractivity contribution >= 4 is 0 Å². The van der Waals surface area contributed by atoms with Gasteiger partial charge in [0.15, 0.2) is 0 Å². The van der Waals surface area contributed by atoms with Gasteiger partial charge >= 0.3 is 0 Å². The maximum Gasteiger partial charge on any atom is 0.0930 e. The van der Waals surface area contributed by atoms with Gasteiger partial charge in [-0.2, -0.15) is 0 Å². The van der Waals surface area contributed by atoms with Gasteiger partial charge in [0.2, 0.25) is 0 Å². The summed E-state index contributed by atoms with van der Waals surface area (Å²) in [7, 11) is 0. The van der Waals surface area contributed by atoms with Crippen molar-refractivity contribution in [1.82, 2.24) is 0 Å². The monoisotopic (exact) mass is 243 g/mol. The molecule has 1 aliphatic carbocycles. The smallest absolute Gasteiger partial charge is 0.0930 e. The fourth-order valence-corrected chi connectivity index (χ4v) is 3.05. The van der Waals surface area contributed by atoms with E-state index >= 15 is 0 Å². The van der Waals surface area contributed by atoms with Crippen LogP contribution in [0, 0.1) is 11.3 Å². The molecule has 0 aromatic carbocycles. The summed E-state index contributed by atoms with van der Waals surface area (Å²) < 4.78 is 11.5. The zero-order valence-electron chi connectivity index (χ0n) is 11.9. The van der Waals surface area contributed by atoms with Gasteiger partial charge < -0.3 is 15.2 Å². The SMILES string of the molecule is CCOC(CN)COC1CC(C)CC(C)(C)C1. The van der Waals surface area contributed by atoms with Gasteiger partial charge in [0, 0.05) is 13.2 Å². The second-order valence-corrected chi connectivity index (χ2v) is 6.18. The van der Waals surface area contributed by atoms with Crippen LogP contribution in [-0.4, -0.2) is 32.0 Å². The molecule has 0 bridgehead atoms. The molecule has 0 amide bonds. The quantitative estimate of drug-likeness (QED) is 0.780. The van der Waals surface area contributed by atoms with Crippen LogP contribution < -0.4 is 5.73 Å². The Kier molecular flexibility index (Phi) is 5.90. The minimum Gasteiger partial charge on any atom is -0.375 e. The zero-order chi connectivity index (χ0) is 12.9. The number of hydrogen-bond donors (Lipinski definition) is 1. The molecule has 3 unspecified atom stereocenters. The minimum absolute atomic E-state index is 0.0559. The summed E-state index contributed by atoms with van der Waals surface area (Å²) in [5.74, 6) is 0.757.